The molecule has 1 aliphatic rings. The molecule has 0 aromatic carbocycles. The lowest BCUT2D eigenvalue weighted by molar-refractivity contribution is 0.0364. The van der Waals surface area contributed by atoms with Crippen molar-refractivity contribution in [3.8, 4) is 0 Å². The van der Waals surface area contributed by atoms with Crippen molar-refractivity contribution in [1.29, 1.82) is 0 Å². The summed E-state index contributed by atoms with van der Waals surface area (Å²) in [5.74, 6) is 6.59. The highest BCUT2D eigenvalue weighted by atomic mass is 15.3. The van der Waals surface area contributed by atoms with E-state index in [2.05, 4.69) is 41.3 Å². The number of rotatable bonds is 4. The van der Waals surface area contributed by atoms with Crippen molar-refractivity contribution in [3.05, 3.63) is 24.3 Å². The maximum Gasteiger partial charge on any atom is 0.115 e. The lowest BCUT2D eigenvalue weighted by atomic mass is 9.70. The van der Waals surface area contributed by atoms with E-state index in [1.165, 1.54) is 12.8 Å². The Bertz CT molecular complexity index is 394. The fourth-order valence-electron chi connectivity index (χ4n) is 3.51. The second-order valence-corrected chi connectivity index (χ2v) is 5.97. The molecule has 1 fully saturated rings. The maximum atomic E-state index is 5.87. The van der Waals surface area contributed by atoms with E-state index in [1.54, 1.807) is 6.33 Å². The molecular weight excluding hydrogens is 238 g/mol. The van der Waals surface area contributed by atoms with Gasteiger partial charge in [-0.05, 0) is 32.9 Å². The SMILES string of the molecule is CC1CCCC(C(NN)c2cncnc2)(N(C)C)C1. The summed E-state index contributed by atoms with van der Waals surface area (Å²) in [6.45, 7) is 2.33. The van der Waals surface area contributed by atoms with Crippen LogP contribution in [0, 0.1) is 5.92 Å². The maximum absolute atomic E-state index is 5.87. The van der Waals surface area contributed by atoms with E-state index >= 15 is 0 Å². The summed E-state index contributed by atoms with van der Waals surface area (Å²) in [5, 5.41) is 0. The average Bonchev–Trinajstić information content (AvgIpc) is 2.40. The molecule has 106 valence electrons. The minimum absolute atomic E-state index is 0.0388. The molecule has 19 heavy (non-hydrogen) atoms. The number of nitrogens with one attached hydrogen (secondary N) is 1. The number of nitrogens with zero attached hydrogens (tertiary/aromatic N) is 3. The van der Waals surface area contributed by atoms with Crippen LogP contribution in [0.1, 0.15) is 44.2 Å². The third kappa shape index (κ3) is 2.78. The van der Waals surface area contributed by atoms with Crippen molar-refractivity contribution >= 4 is 0 Å². The van der Waals surface area contributed by atoms with Crippen LogP contribution in [-0.2, 0) is 0 Å². The molecule has 1 saturated carbocycles. The highest BCUT2D eigenvalue weighted by molar-refractivity contribution is 5.18. The molecule has 1 aliphatic carbocycles. The van der Waals surface area contributed by atoms with E-state index in [4.69, 9.17) is 5.84 Å². The van der Waals surface area contributed by atoms with Gasteiger partial charge in [0, 0.05) is 23.5 Å². The molecule has 2 rings (SSSR count). The molecule has 0 radical (unpaired) electrons. The summed E-state index contributed by atoms with van der Waals surface area (Å²) in [6, 6.07) is 0.0615. The Kier molecular flexibility index (Phi) is 4.50. The van der Waals surface area contributed by atoms with Crippen LogP contribution < -0.4 is 11.3 Å². The lowest BCUT2D eigenvalue weighted by Gasteiger charge is -2.49. The first kappa shape index (κ1) is 14.4. The van der Waals surface area contributed by atoms with Crippen LogP contribution in [0.25, 0.3) is 0 Å². The molecule has 1 heterocycles. The van der Waals surface area contributed by atoms with E-state index in [-0.39, 0.29) is 11.6 Å². The van der Waals surface area contributed by atoms with Gasteiger partial charge in [0.15, 0.2) is 0 Å². The first-order valence-corrected chi connectivity index (χ1v) is 6.98. The van der Waals surface area contributed by atoms with Gasteiger partial charge >= 0.3 is 0 Å². The van der Waals surface area contributed by atoms with Gasteiger partial charge in [-0.2, -0.15) is 0 Å². The van der Waals surface area contributed by atoms with Crippen molar-refractivity contribution in [1.82, 2.24) is 20.3 Å². The molecule has 3 atom stereocenters. The van der Waals surface area contributed by atoms with Crippen molar-refractivity contribution < 1.29 is 0 Å². The number of hydrazine groups is 1. The van der Waals surface area contributed by atoms with Gasteiger partial charge in [0.2, 0.25) is 0 Å². The minimum atomic E-state index is 0.0388. The highest BCUT2D eigenvalue weighted by Gasteiger charge is 2.44. The predicted molar refractivity (Wildman–Crippen MR) is 76.1 cm³/mol. The van der Waals surface area contributed by atoms with Gasteiger partial charge in [-0.25, -0.2) is 9.97 Å². The van der Waals surface area contributed by atoms with E-state index < -0.39 is 0 Å². The number of likely N-dealkylation sites (N-methyl/N-ethyl adjacent to an activating group) is 1. The quantitative estimate of drug-likeness (QED) is 0.636. The normalized spacial score (nSPS) is 29.4. The van der Waals surface area contributed by atoms with Gasteiger partial charge in [0.25, 0.3) is 0 Å². The number of aromatic nitrogens is 2. The number of hydrogen-bond acceptors (Lipinski definition) is 5. The third-order valence-electron chi connectivity index (χ3n) is 4.52. The van der Waals surface area contributed by atoms with Crippen LogP contribution in [0.2, 0.25) is 0 Å². The Hall–Kier alpha value is -1.04. The van der Waals surface area contributed by atoms with Crippen LogP contribution in [0.15, 0.2) is 18.7 Å². The van der Waals surface area contributed by atoms with E-state index in [1.807, 2.05) is 12.4 Å². The highest BCUT2D eigenvalue weighted by Crippen LogP contribution is 2.43. The third-order valence-corrected chi connectivity index (χ3v) is 4.52. The van der Waals surface area contributed by atoms with Gasteiger partial charge in [-0.3, -0.25) is 11.3 Å². The molecule has 3 N–H and O–H groups in total. The first-order chi connectivity index (χ1) is 9.10. The molecule has 0 saturated heterocycles. The Balaban J connectivity index is 2.36. The van der Waals surface area contributed by atoms with Crippen LogP contribution in [0.3, 0.4) is 0 Å². The molecule has 3 unspecified atom stereocenters. The Morgan fingerprint density at radius 1 is 1.42 bits per heavy atom. The summed E-state index contributed by atoms with van der Waals surface area (Å²) >= 11 is 0. The van der Waals surface area contributed by atoms with Gasteiger partial charge < -0.3 is 4.90 Å². The van der Waals surface area contributed by atoms with Crippen LogP contribution in [-0.4, -0.2) is 34.5 Å². The smallest absolute Gasteiger partial charge is 0.115 e. The van der Waals surface area contributed by atoms with Crippen molar-refractivity contribution in [3.63, 3.8) is 0 Å². The molecule has 0 amide bonds. The fourth-order valence-corrected chi connectivity index (χ4v) is 3.51. The Morgan fingerprint density at radius 3 is 2.63 bits per heavy atom. The molecule has 0 spiro atoms. The summed E-state index contributed by atoms with van der Waals surface area (Å²) in [5.41, 5.74) is 4.11. The van der Waals surface area contributed by atoms with Gasteiger partial charge in [0.05, 0.1) is 6.04 Å². The molecule has 5 nitrogen and oxygen atoms in total. The lowest BCUT2D eigenvalue weighted by Crippen LogP contribution is -2.57. The topological polar surface area (TPSA) is 67.1 Å². The van der Waals surface area contributed by atoms with Crippen molar-refractivity contribution in [2.75, 3.05) is 14.1 Å². The number of nitrogens with two attached hydrogens (primary N) is 1. The molecule has 0 aliphatic heterocycles. The number of hydrogen-bond donors (Lipinski definition) is 2. The Labute approximate surface area is 115 Å². The standard InChI is InChI=1S/C14H25N5/c1-11-5-4-6-14(7-11,19(2)3)13(18-15)12-8-16-10-17-9-12/h8-11,13,18H,4-7,15H2,1-3H3. The Morgan fingerprint density at radius 2 is 2.11 bits per heavy atom. The summed E-state index contributed by atoms with van der Waals surface area (Å²) in [4.78, 5) is 10.6. The second-order valence-electron chi connectivity index (χ2n) is 5.97. The van der Waals surface area contributed by atoms with E-state index in [0.717, 1.165) is 24.3 Å². The predicted octanol–water partition coefficient (Wildman–Crippen LogP) is 1.49. The zero-order valence-electron chi connectivity index (χ0n) is 12.1. The van der Waals surface area contributed by atoms with Crippen LogP contribution in [0.4, 0.5) is 0 Å². The van der Waals surface area contributed by atoms with Crippen LogP contribution >= 0.6 is 0 Å². The average molecular weight is 263 g/mol. The van der Waals surface area contributed by atoms with Crippen molar-refractivity contribution in [2.24, 2.45) is 11.8 Å². The van der Waals surface area contributed by atoms with Gasteiger partial charge in [0.1, 0.15) is 6.33 Å². The monoisotopic (exact) mass is 263 g/mol. The van der Waals surface area contributed by atoms with E-state index in [0.29, 0.717) is 0 Å². The van der Waals surface area contributed by atoms with Crippen molar-refractivity contribution in [2.45, 2.75) is 44.2 Å². The van der Waals surface area contributed by atoms with Gasteiger partial charge in [-0.15, -0.1) is 0 Å². The summed E-state index contributed by atoms with van der Waals surface area (Å²) in [7, 11) is 4.29. The fraction of sp³-hybridized carbons (Fsp3) is 0.714. The van der Waals surface area contributed by atoms with Crippen LogP contribution in [0.5, 0.6) is 0 Å². The molecule has 5 heteroatoms. The minimum Gasteiger partial charge on any atom is -0.302 e. The first-order valence-electron chi connectivity index (χ1n) is 6.98. The zero-order chi connectivity index (χ0) is 13.9. The second kappa shape index (κ2) is 5.94. The molecule has 1 aromatic heterocycles. The largest absolute Gasteiger partial charge is 0.302 e. The van der Waals surface area contributed by atoms with E-state index in [9.17, 15) is 0 Å². The molecular formula is C14H25N5. The van der Waals surface area contributed by atoms with Gasteiger partial charge in [-0.1, -0.05) is 19.8 Å². The molecule has 0 bridgehead atoms. The zero-order valence-corrected chi connectivity index (χ0v) is 12.1. The summed E-state index contributed by atoms with van der Waals surface area (Å²) in [6.07, 6.45) is 10.1. The summed E-state index contributed by atoms with van der Waals surface area (Å²) < 4.78 is 0. The molecule has 1 aromatic rings.